The molecule has 0 aromatic heterocycles. The Bertz CT molecular complexity index is 872. The molecule has 2 saturated heterocycles. The van der Waals surface area contributed by atoms with Crippen molar-refractivity contribution in [2.45, 2.75) is 31.3 Å². The average molecular weight is 424 g/mol. The molecule has 0 bridgehead atoms. The summed E-state index contributed by atoms with van der Waals surface area (Å²) in [6, 6.07) is 7.92. The molecule has 27 heavy (non-hydrogen) atoms. The van der Waals surface area contributed by atoms with Gasteiger partial charge in [-0.1, -0.05) is 34.8 Å². The van der Waals surface area contributed by atoms with Crippen LogP contribution in [0, 0.1) is 0 Å². The Labute approximate surface area is 174 Å². The monoisotopic (exact) mass is 422 g/mol. The van der Waals surface area contributed by atoms with Gasteiger partial charge in [0.25, 0.3) is 0 Å². The molecule has 3 heterocycles. The predicted octanol–water partition coefficient (Wildman–Crippen LogP) is 5.75. The van der Waals surface area contributed by atoms with E-state index in [0.29, 0.717) is 21.0 Å². The molecule has 3 nitrogen and oxygen atoms in total. The zero-order chi connectivity index (χ0) is 18.5. The second-order valence-corrected chi connectivity index (χ2v) is 8.86. The zero-order valence-electron chi connectivity index (χ0n) is 14.9. The summed E-state index contributed by atoms with van der Waals surface area (Å²) < 4.78 is 6.46. The molecule has 0 saturated carbocycles. The minimum Gasteiger partial charge on any atom is -0.487 e. The van der Waals surface area contributed by atoms with Crippen molar-refractivity contribution in [2.24, 2.45) is 0 Å². The van der Waals surface area contributed by atoms with Crippen molar-refractivity contribution in [3.05, 3.63) is 44.9 Å². The van der Waals surface area contributed by atoms with E-state index in [1.165, 1.54) is 24.1 Å². The maximum atomic E-state index is 6.54. The minimum absolute atomic E-state index is 0.258. The minimum atomic E-state index is 0.258. The lowest BCUT2D eigenvalue weighted by atomic mass is 9.88. The van der Waals surface area contributed by atoms with Gasteiger partial charge in [-0.3, -0.25) is 0 Å². The Morgan fingerprint density at radius 1 is 1.00 bits per heavy atom. The third-order valence-electron chi connectivity index (χ3n) is 5.93. The number of hydrogen-bond acceptors (Lipinski definition) is 3. The van der Waals surface area contributed by atoms with E-state index in [9.17, 15) is 0 Å². The molecule has 0 aliphatic carbocycles. The van der Waals surface area contributed by atoms with E-state index in [2.05, 4.69) is 22.3 Å². The van der Waals surface area contributed by atoms with Crippen molar-refractivity contribution in [3.63, 3.8) is 0 Å². The van der Waals surface area contributed by atoms with Crippen LogP contribution in [0.15, 0.2) is 24.3 Å². The van der Waals surface area contributed by atoms with Gasteiger partial charge >= 0.3 is 0 Å². The highest BCUT2D eigenvalue weighted by atomic mass is 35.5. The van der Waals surface area contributed by atoms with E-state index in [0.717, 1.165) is 49.5 Å². The van der Waals surface area contributed by atoms with Gasteiger partial charge in [0.1, 0.15) is 11.9 Å². The molecule has 2 fully saturated rings. The maximum Gasteiger partial charge on any atom is 0.146 e. The van der Waals surface area contributed by atoms with Gasteiger partial charge in [0.15, 0.2) is 0 Å². The van der Waals surface area contributed by atoms with Gasteiger partial charge in [-0.15, -0.1) is 0 Å². The van der Waals surface area contributed by atoms with Crippen LogP contribution in [0.5, 0.6) is 5.75 Å². The lowest BCUT2D eigenvalue weighted by Crippen LogP contribution is -2.37. The highest BCUT2D eigenvalue weighted by Crippen LogP contribution is 2.50. The third kappa shape index (κ3) is 3.09. The fraction of sp³-hybridized carbons (Fsp3) is 0.429. The Hall–Kier alpha value is -1.13. The number of nitrogens with one attached hydrogen (secondary N) is 1. The summed E-state index contributed by atoms with van der Waals surface area (Å²) in [5, 5.41) is 5.22. The molecule has 3 aliphatic heterocycles. The van der Waals surface area contributed by atoms with Gasteiger partial charge in [-0.25, -0.2) is 0 Å². The second-order valence-electron chi connectivity index (χ2n) is 7.61. The average Bonchev–Trinajstić information content (AvgIpc) is 3.28. The molecular weight excluding hydrogens is 403 g/mol. The highest BCUT2D eigenvalue weighted by Gasteiger charge is 2.39. The number of anilines is 1. The van der Waals surface area contributed by atoms with E-state index in [-0.39, 0.29) is 6.10 Å². The predicted molar refractivity (Wildman–Crippen MR) is 113 cm³/mol. The molecule has 2 unspecified atom stereocenters. The summed E-state index contributed by atoms with van der Waals surface area (Å²) in [5.74, 6) is 1.43. The van der Waals surface area contributed by atoms with E-state index in [4.69, 9.17) is 39.5 Å². The molecular formula is C21H21Cl3N2O. The van der Waals surface area contributed by atoms with Crippen LogP contribution in [0.4, 0.5) is 5.69 Å². The number of benzene rings is 2. The molecule has 0 radical (unpaired) electrons. The number of piperidine rings is 1. The van der Waals surface area contributed by atoms with Gasteiger partial charge in [0, 0.05) is 41.7 Å². The summed E-state index contributed by atoms with van der Waals surface area (Å²) in [6.07, 6.45) is 3.73. The van der Waals surface area contributed by atoms with Crippen LogP contribution >= 0.6 is 34.8 Å². The Kier molecular flexibility index (Phi) is 4.68. The molecule has 1 N–H and O–H groups in total. The Morgan fingerprint density at radius 2 is 1.74 bits per heavy atom. The van der Waals surface area contributed by atoms with Crippen molar-refractivity contribution in [1.82, 2.24) is 5.32 Å². The van der Waals surface area contributed by atoms with E-state index >= 15 is 0 Å². The molecule has 5 rings (SSSR count). The van der Waals surface area contributed by atoms with Gasteiger partial charge in [0.2, 0.25) is 0 Å². The van der Waals surface area contributed by atoms with Crippen molar-refractivity contribution in [1.29, 1.82) is 0 Å². The van der Waals surface area contributed by atoms with Gasteiger partial charge < -0.3 is 15.0 Å². The summed E-state index contributed by atoms with van der Waals surface area (Å²) in [4.78, 5) is 2.44. The fourth-order valence-corrected chi connectivity index (χ4v) is 5.67. The standard InChI is InChI=1S/C21H21Cl3N2O/c22-13-9-16(23)20(17(24)10-13)12-7-14-15-11-25-4-3-19(15)27-21(14)18(8-12)26-5-1-2-6-26/h7-10,15,19,25H,1-6,11H2. The van der Waals surface area contributed by atoms with Gasteiger partial charge in [-0.2, -0.15) is 0 Å². The number of ether oxygens (including phenoxy) is 1. The smallest absolute Gasteiger partial charge is 0.146 e. The first-order valence-corrected chi connectivity index (χ1v) is 10.7. The largest absolute Gasteiger partial charge is 0.487 e. The van der Waals surface area contributed by atoms with Crippen LogP contribution in [0.25, 0.3) is 11.1 Å². The Balaban J connectivity index is 1.69. The first kappa shape index (κ1) is 17.9. The summed E-state index contributed by atoms with van der Waals surface area (Å²) in [5.41, 5.74) is 4.33. The molecule has 142 valence electrons. The van der Waals surface area contributed by atoms with Crippen LogP contribution in [0.2, 0.25) is 15.1 Å². The zero-order valence-corrected chi connectivity index (χ0v) is 17.2. The molecule has 0 spiro atoms. The molecule has 2 atom stereocenters. The van der Waals surface area contributed by atoms with Gasteiger partial charge in [0.05, 0.1) is 15.7 Å². The SMILES string of the molecule is Clc1cc(Cl)c(-c2cc3c(c(N4CCCC4)c2)OC2CCNCC32)c(Cl)c1. The Morgan fingerprint density at radius 3 is 2.48 bits per heavy atom. The molecule has 2 aromatic carbocycles. The van der Waals surface area contributed by atoms with E-state index < -0.39 is 0 Å². The second kappa shape index (κ2) is 7.04. The van der Waals surface area contributed by atoms with Crippen LogP contribution in [-0.4, -0.2) is 32.3 Å². The van der Waals surface area contributed by atoms with Crippen LogP contribution in [-0.2, 0) is 0 Å². The van der Waals surface area contributed by atoms with Crippen LogP contribution in [0.3, 0.4) is 0 Å². The third-order valence-corrected chi connectivity index (χ3v) is 6.74. The van der Waals surface area contributed by atoms with E-state index in [1.54, 1.807) is 12.1 Å². The van der Waals surface area contributed by atoms with Gasteiger partial charge in [-0.05, 0) is 55.6 Å². The summed E-state index contributed by atoms with van der Waals surface area (Å²) >= 11 is 19.2. The quantitative estimate of drug-likeness (QED) is 0.665. The summed E-state index contributed by atoms with van der Waals surface area (Å²) in [7, 11) is 0. The number of hydrogen-bond donors (Lipinski definition) is 1. The van der Waals surface area contributed by atoms with E-state index in [1.807, 2.05) is 0 Å². The van der Waals surface area contributed by atoms with Crippen molar-refractivity contribution < 1.29 is 4.74 Å². The number of nitrogens with zero attached hydrogens (tertiary/aromatic N) is 1. The normalized spacial score (nSPS) is 23.9. The topological polar surface area (TPSA) is 24.5 Å². The number of fused-ring (bicyclic) bond motifs is 3. The van der Waals surface area contributed by atoms with Crippen molar-refractivity contribution in [3.8, 4) is 16.9 Å². The number of halogens is 3. The molecule has 0 amide bonds. The molecule has 2 aromatic rings. The lowest BCUT2D eigenvalue weighted by Gasteiger charge is -2.25. The summed E-state index contributed by atoms with van der Waals surface area (Å²) in [6.45, 7) is 4.09. The first-order valence-electron chi connectivity index (χ1n) is 9.57. The molecule has 3 aliphatic rings. The van der Waals surface area contributed by atoms with Crippen LogP contribution < -0.4 is 15.0 Å². The maximum absolute atomic E-state index is 6.54. The number of rotatable bonds is 2. The lowest BCUT2D eigenvalue weighted by molar-refractivity contribution is 0.172. The van der Waals surface area contributed by atoms with Crippen molar-refractivity contribution >= 4 is 40.5 Å². The molecule has 6 heteroatoms. The van der Waals surface area contributed by atoms with Crippen LogP contribution in [0.1, 0.15) is 30.7 Å². The fourth-order valence-electron chi connectivity index (χ4n) is 4.63. The first-order chi connectivity index (χ1) is 13.1. The van der Waals surface area contributed by atoms with Crippen molar-refractivity contribution in [2.75, 3.05) is 31.1 Å². The highest BCUT2D eigenvalue weighted by molar-refractivity contribution is 6.41.